The number of benzene rings is 3. The van der Waals surface area contributed by atoms with Crippen molar-refractivity contribution in [2.24, 2.45) is 0 Å². The van der Waals surface area contributed by atoms with E-state index in [0.29, 0.717) is 5.69 Å². The summed E-state index contributed by atoms with van der Waals surface area (Å²) in [5, 5.41) is -1.18. The van der Waals surface area contributed by atoms with Crippen LogP contribution in [0.5, 0.6) is 0 Å². The highest BCUT2D eigenvalue weighted by Gasteiger charge is 2.28. The van der Waals surface area contributed by atoms with Gasteiger partial charge in [-0.25, -0.2) is 30.0 Å². The minimum Gasteiger partial charge on any atom is -0.280 e. The first-order chi connectivity index (χ1) is 14.0. The minimum absolute atomic E-state index is 0.144. The maximum Gasteiger partial charge on any atom is 0.267 e. The van der Waals surface area contributed by atoms with Crippen LogP contribution in [0.15, 0.2) is 70.5 Å². The molecule has 0 aliphatic heterocycles. The van der Waals surface area contributed by atoms with E-state index in [0.717, 1.165) is 24.3 Å². The summed E-state index contributed by atoms with van der Waals surface area (Å²) in [6.45, 7) is 0. The Hall–Kier alpha value is -2.76. The van der Waals surface area contributed by atoms with Crippen molar-refractivity contribution in [1.82, 2.24) is 0 Å². The molecule has 0 spiro atoms. The van der Waals surface area contributed by atoms with Crippen molar-refractivity contribution in [3.05, 3.63) is 83.1 Å². The van der Waals surface area contributed by atoms with E-state index in [-0.39, 0.29) is 16.6 Å². The normalized spacial score (nSPS) is 11.9. The zero-order valence-electron chi connectivity index (χ0n) is 14.7. The number of para-hydroxylation sites is 1. The summed E-state index contributed by atoms with van der Waals surface area (Å²) in [4.78, 5) is -1.65. The van der Waals surface area contributed by atoms with Gasteiger partial charge in [-0.05, 0) is 36.4 Å². The summed E-state index contributed by atoms with van der Waals surface area (Å²) in [7, 11) is -8.78. The van der Waals surface area contributed by atoms with Gasteiger partial charge in [0.1, 0.15) is 16.7 Å². The average Bonchev–Trinajstić information content (AvgIpc) is 2.66. The second kappa shape index (κ2) is 8.17. The van der Waals surface area contributed by atoms with Gasteiger partial charge < -0.3 is 0 Å². The summed E-state index contributed by atoms with van der Waals surface area (Å²) in [5.41, 5.74) is 0.134. The first-order valence-electron chi connectivity index (χ1n) is 8.05. The Bertz CT molecular complexity index is 1300. The standard InChI is InChI=1S/C18H12ClF3N2O4S2/c19-16-14(20)10-15(21)18(17(16)22)30(27,28)24-12-6-8-13(9-7-12)29(25,26)23-11-4-2-1-3-5-11/h1-10,23-24H. The molecule has 0 aliphatic carbocycles. The van der Waals surface area contributed by atoms with E-state index in [4.69, 9.17) is 11.6 Å². The highest BCUT2D eigenvalue weighted by atomic mass is 35.5. The van der Waals surface area contributed by atoms with E-state index in [1.165, 1.54) is 12.1 Å². The molecule has 0 heterocycles. The summed E-state index contributed by atoms with van der Waals surface area (Å²) in [5.74, 6) is -4.91. The van der Waals surface area contributed by atoms with E-state index < -0.39 is 47.4 Å². The molecule has 30 heavy (non-hydrogen) atoms. The molecule has 0 aliphatic rings. The third-order valence-corrected chi connectivity index (χ3v) is 6.94. The van der Waals surface area contributed by atoms with Crippen LogP contribution >= 0.6 is 11.6 Å². The monoisotopic (exact) mass is 476 g/mol. The minimum atomic E-state index is -4.83. The predicted octanol–water partition coefficient (Wildman–Crippen LogP) is 4.36. The number of hydrogen-bond donors (Lipinski definition) is 2. The van der Waals surface area contributed by atoms with Crippen molar-refractivity contribution in [2.45, 2.75) is 9.79 Å². The Morgan fingerprint density at radius 3 is 1.83 bits per heavy atom. The lowest BCUT2D eigenvalue weighted by molar-refractivity contribution is 0.499. The van der Waals surface area contributed by atoms with Crippen LogP contribution < -0.4 is 9.44 Å². The third kappa shape index (κ3) is 4.53. The number of halogens is 4. The fraction of sp³-hybridized carbons (Fsp3) is 0. The molecule has 0 saturated heterocycles. The largest absolute Gasteiger partial charge is 0.280 e. The van der Waals surface area contributed by atoms with Crippen molar-refractivity contribution in [3.63, 3.8) is 0 Å². The van der Waals surface area contributed by atoms with Gasteiger partial charge in [0.2, 0.25) is 0 Å². The lowest BCUT2D eigenvalue weighted by Crippen LogP contribution is -2.17. The molecular weight excluding hydrogens is 465 g/mol. The molecule has 0 amide bonds. The lowest BCUT2D eigenvalue weighted by atomic mass is 10.3. The van der Waals surface area contributed by atoms with E-state index in [1.807, 2.05) is 4.72 Å². The van der Waals surface area contributed by atoms with Crippen molar-refractivity contribution < 1.29 is 30.0 Å². The van der Waals surface area contributed by atoms with E-state index >= 15 is 0 Å². The molecule has 0 aromatic heterocycles. The summed E-state index contributed by atoms with van der Waals surface area (Å²) >= 11 is 5.32. The summed E-state index contributed by atoms with van der Waals surface area (Å²) < 4.78 is 94.8. The zero-order chi connectivity index (χ0) is 22.1. The fourth-order valence-electron chi connectivity index (χ4n) is 2.42. The third-order valence-electron chi connectivity index (χ3n) is 3.78. The molecular formula is C18H12ClF3N2O4S2. The Kier molecular flexibility index (Phi) is 5.97. The van der Waals surface area contributed by atoms with Gasteiger partial charge >= 0.3 is 0 Å². The van der Waals surface area contributed by atoms with E-state index in [9.17, 15) is 30.0 Å². The van der Waals surface area contributed by atoms with Crippen LogP contribution in [0.3, 0.4) is 0 Å². The van der Waals surface area contributed by atoms with Crippen molar-refractivity contribution in [1.29, 1.82) is 0 Å². The first kappa shape index (κ1) is 21.9. The quantitative estimate of drug-likeness (QED) is 0.408. The maximum atomic E-state index is 14.0. The van der Waals surface area contributed by atoms with Gasteiger partial charge in [0.05, 0.1) is 4.90 Å². The van der Waals surface area contributed by atoms with Crippen molar-refractivity contribution >= 4 is 43.0 Å². The van der Waals surface area contributed by atoms with Gasteiger partial charge in [0.15, 0.2) is 10.7 Å². The molecule has 6 nitrogen and oxygen atoms in total. The van der Waals surface area contributed by atoms with Gasteiger partial charge in [-0.2, -0.15) is 0 Å². The van der Waals surface area contributed by atoms with Gasteiger partial charge in [0, 0.05) is 17.4 Å². The van der Waals surface area contributed by atoms with Crippen LogP contribution in [-0.2, 0) is 20.0 Å². The van der Waals surface area contributed by atoms with Crippen LogP contribution in [0, 0.1) is 17.5 Å². The average molecular weight is 477 g/mol. The molecule has 0 bridgehead atoms. The van der Waals surface area contributed by atoms with Crippen LogP contribution in [0.1, 0.15) is 0 Å². The molecule has 0 radical (unpaired) electrons. The van der Waals surface area contributed by atoms with Crippen molar-refractivity contribution in [3.8, 4) is 0 Å². The number of nitrogens with one attached hydrogen (secondary N) is 2. The number of sulfonamides is 2. The Morgan fingerprint density at radius 1 is 0.700 bits per heavy atom. The highest BCUT2D eigenvalue weighted by molar-refractivity contribution is 7.93. The molecule has 3 rings (SSSR count). The van der Waals surface area contributed by atoms with Gasteiger partial charge in [-0.15, -0.1) is 0 Å². The Labute approximate surface area is 175 Å². The molecule has 0 saturated carbocycles. The topological polar surface area (TPSA) is 92.3 Å². The Balaban J connectivity index is 1.86. The Morgan fingerprint density at radius 2 is 1.23 bits per heavy atom. The molecule has 2 N–H and O–H groups in total. The molecule has 0 fully saturated rings. The second-order valence-electron chi connectivity index (χ2n) is 5.90. The molecule has 158 valence electrons. The lowest BCUT2D eigenvalue weighted by Gasteiger charge is -2.12. The SMILES string of the molecule is O=S(=O)(Nc1ccccc1)c1ccc(NS(=O)(=O)c2c(F)cc(F)c(Cl)c2F)cc1. The van der Waals surface area contributed by atoms with E-state index in [2.05, 4.69) is 4.72 Å². The van der Waals surface area contributed by atoms with Gasteiger partial charge in [-0.1, -0.05) is 29.8 Å². The number of anilines is 2. The summed E-state index contributed by atoms with van der Waals surface area (Å²) in [6.07, 6.45) is 0. The molecule has 0 unspecified atom stereocenters. The second-order valence-corrected chi connectivity index (χ2v) is 9.58. The highest BCUT2D eigenvalue weighted by Crippen LogP contribution is 2.29. The molecule has 0 atom stereocenters. The van der Waals surface area contributed by atoms with Gasteiger partial charge in [0.25, 0.3) is 20.0 Å². The first-order valence-corrected chi connectivity index (χ1v) is 11.4. The zero-order valence-corrected chi connectivity index (χ0v) is 17.1. The molecule has 12 heteroatoms. The number of hydrogen-bond acceptors (Lipinski definition) is 4. The number of rotatable bonds is 6. The van der Waals surface area contributed by atoms with Crippen LogP contribution in [0.4, 0.5) is 24.5 Å². The maximum absolute atomic E-state index is 14.0. The van der Waals surface area contributed by atoms with Crippen LogP contribution in [0.2, 0.25) is 5.02 Å². The molecule has 3 aromatic rings. The van der Waals surface area contributed by atoms with Crippen LogP contribution in [0.25, 0.3) is 0 Å². The smallest absolute Gasteiger partial charge is 0.267 e. The fourth-order valence-corrected chi connectivity index (χ4v) is 4.89. The van der Waals surface area contributed by atoms with Gasteiger partial charge in [-0.3, -0.25) is 9.44 Å². The van der Waals surface area contributed by atoms with E-state index in [1.54, 1.807) is 18.2 Å². The summed E-state index contributed by atoms with van der Waals surface area (Å²) in [6, 6.07) is 12.5. The van der Waals surface area contributed by atoms with Crippen LogP contribution in [-0.4, -0.2) is 16.8 Å². The van der Waals surface area contributed by atoms with Crippen molar-refractivity contribution in [2.75, 3.05) is 9.44 Å². The predicted molar refractivity (Wildman–Crippen MR) is 106 cm³/mol. The molecule has 3 aromatic carbocycles.